The number of hydrogen-bond donors (Lipinski definition) is 9. The van der Waals surface area contributed by atoms with Crippen LogP contribution in [0.3, 0.4) is 0 Å². The number of aliphatic hydroxyl groups is 8. The molecule has 9 N–H and O–H groups in total. The SMILES string of the molecule is CC/C=C\C/C=C\C/C=C\C/C=C\C/C=C\CCCCCCCCCCCCCCCC(=O)NC(COC1OC(CO)C(OC2OC(CO)C(O)C(O)C2O)C(O)C1O)C(O)CCCCCCCCCCCCCCCCCCCCCCCCCCCCCCCCC. The van der Waals surface area contributed by atoms with Gasteiger partial charge in [0, 0.05) is 6.42 Å². The standard InChI is InChI=1S/C80H147NO13/c1-3-5-7-9-11-13-15-17-19-21-23-25-27-29-31-33-34-36-37-39-41-43-45-47-49-51-53-55-57-59-61-63-69(84)68(67-91-79-77(90)75(88)78(71(66-83)93-79)94-80-76(89)74(87)73(86)70(65-82)92-80)81-72(85)64-62-60-58-56-54-52-50-48-46-44-42-40-38-35-32-30-28-26-24-22-20-18-16-14-12-10-8-6-4-2/h6,8,12,14,18,20,24,26,30,32,68-71,73-80,82-84,86-90H,3-5,7,9-11,13,15-17,19,21-23,25,27-29,31,33-67H2,1-2H3,(H,81,85)/b8-6-,14-12-,20-18-,26-24-,32-30-. The van der Waals surface area contributed by atoms with E-state index in [2.05, 4.69) is 79.9 Å². The zero-order valence-corrected chi connectivity index (χ0v) is 60.2. The molecule has 0 saturated carbocycles. The third-order valence-electron chi connectivity index (χ3n) is 19.2. The van der Waals surface area contributed by atoms with Crippen LogP contribution in [-0.4, -0.2) is 140 Å². The number of hydrogen-bond acceptors (Lipinski definition) is 13. The summed E-state index contributed by atoms with van der Waals surface area (Å²) in [4.78, 5) is 13.4. The molecule has 0 aromatic carbocycles. The van der Waals surface area contributed by atoms with Crippen LogP contribution in [0, 0.1) is 0 Å². The van der Waals surface area contributed by atoms with E-state index in [-0.39, 0.29) is 12.5 Å². The topological polar surface area (TPSA) is 228 Å². The smallest absolute Gasteiger partial charge is 0.220 e. The van der Waals surface area contributed by atoms with Crippen molar-refractivity contribution in [2.75, 3.05) is 19.8 Å². The molecule has 12 unspecified atom stereocenters. The van der Waals surface area contributed by atoms with Gasteiger partial charge in [0.1, 0.15) is 48.8 Å². The second-order valence-corrected chi connectivity index (χ2v) is 27.8. The number of aliphatic hydroxyl groups excluding tert-OH is 8. The molecule has 2 aliphatic heterocycles. The molecular formula is C80H147NO13. The highest BCUT2D eigenvalue weighted by Gasteiger charge is 2.51. The molecular weight excluding hydrogens is 1180 g/mol. The van der Waals surface area contributed by atoms with E-state index in [1.165, 1.54) is 238 Å². The Labute approximate surface area is 575 Å². The van der Waals surface area contributed by atoms with Gasteiger partial charge in [0.25, 0.3) is 0 Å². The molecule has 2 aliphatic rings. The van der Waals surface area contributed by atoms with Crippen LogP contribution in [0.15, 0.2) is 60.8 Å². The van der Waals surface area contributed by atoms with Crippen LogP contribution in [0.1, 0.15) is 348 Å². The Morgan fingerprint density at radius 2 is 0.734 bits per heavy atom. The number of amides is 1. The van der Waals surface area contributed by atoms with Gasteiger partial charge in [-0.15, -0.1) is 0 Å². The number of nitrogens with one attached hydrogen (secondary N) is 1. The third-order valence-corrected chi connectivity index (χ3v) is 19.2. The second-order valence-electron chi connectivity index (χ2n) is 27.8. The van der Waals surface area contributed by atoms with Gasteiger partial charge in [0.2, 0.25) is 5.91 Å². The lowest BCUT2D eigenvalue weighted by atomic mass is 9.97. The Bertz CT molecular complexity index is 1810. The molecule has 0 radical (unpaired) electrons. The van der Waals surface area contributed by atoms with Crippen molar-refractivity contribution in [2.45, 2.75) is 421 Å². The summed E-state index contributed by atoms with van der Waals surface area (Å²) in [6, 6.07) is -0.834. The number of carbonyl (C=O) groups excluding carboxylic acids is 1. The molecule has 94 heavy (non-hydrogen) atoms. The molecule has 0 aromatic rings. The van der Waals surface area contributed by atoms with Crippen molar-refractivity contribution in [3.8, 4) is 0 Å². The van der Waals surface area contributed by atoms with Crippen molar-refractivity contribution in [3.63, 3.8) is 0 Å². The molecule has 0 spiro atoms. The number of unbranched alkanes of at least 4 members (excludes halogenated alkanes) is 43. The van der Waals surface area contributed by atoms with Gasteiger partial charge in [-0.3, -0.25) is 4.79 Å². The first-order valence-electron chi connectivity index (χ1n) is 39.5. The summed E-state index contributed by atoms with van der Waals surface area (Å²) in [6.07, 6.45) is 69.7. The van der Waals surface area contributed by atoms with Crippen molar-refractivity contribution in [3.05, 3.63) is 60.8 Å². The van der Waals surface area contributed by atoms with E-state index >= 15 is 0 Å². The van der Waals surface area contributed by atoms with Crippen molar-refractivity contribution in [1.29, 1.82) is 0 Å². The van der Waals surface area contributed by atoms with E-state index in [1.807, 2.05) is 0 Å². The number of allylic oxidation sites excluding steroid dienone is 10. The van der Waals surface area contributed by atoms with Gasteiger partial charge in [0.15, 0.2) is 12.6 Å². The maximum atomic E-state index is 13.4. The highest BCUT2D eigenvalue weighted by Crippen LogP contribution is 2.30. The van der Waals surface area contributed by atoms with Crippen LogP contribution >= 0.6 is 0 Å². The lowest BCUT2D eigenvalue weighted by Gasteiger charge is -2.46. The molecule has 0 aliphatic carbocycles. The Hall–Kier alpha value is -2.31. The molecule has 0 bridgehead atoms. The van der Waals surface area contributed by atoms with Crippen molar-refractivity contribution >= 4 is 5.91 Å². The minimum absolute atomic E-state index is 0.205. The van der Waals surface area contributed by atoms with Crippen LogP contribution in [0.25, 0.3) is 0 Å². The molecule has 1 amide bonds. The van der Waals surface area contributed by atoms with Gasteiger partial charge in [-0.25, -0.2) is 0 Å². The molecule has 2 fully saturated rings. The summed E-state index contributed by atoms with van der Waals surface area (Å²) < 4.78 is 23.0. The summed E-state index contributed by atoms with van der Waals surface area (Å²) in [5.74, 6) is -0.205. The zero-order chi connectivity index (χ0) is 68.0. The average Bonchev–Trinajstić information content (AvgIpc) is 0.794. The van der Waals surface area contributed by atoms with Gasteiger partial charge in [-0.2, -0.15) is 0 Å². The van der Waals surface area contributed by atoms with Crippen LogP contribution in [-0.2, 0) is 23.7 Å². The number of rotatable bonds is 66. The van der Waals surface area contributed by atoms with E-state index in [4.69, 9.17) is 18.9 Å². The fourth-order valence-electron chi connectivity index (χ4n) is 13.0. The van der Waals surface area contributed by atoms with E-state index in [0.717, 1.165) is 83.5 Å². The van der Waals surface area contributed by atoms with Crippen molar-refractivity contribution in [2.24, 2.45) is 0 Å². The third kappa shape index (κ3) is 46.9. The summed E-state index contributed by atoms with van der Waals surface area (Å²) in [7, 11) is 0. The Morgan fingerprint density at radius 1 is 0.394 bits per heavy atom. The van der Waals surface area contributed by atoms with E-state index in [1.54, 1.807) is 0 Å². The Morgan fingerprint density at radius 3 is 1.13 bits per heavy atom. The molecule has 0 aromatic heterocycles. The molecule has 2 saturated heterocycles. The molecule has 14 heteroatoms. The normalized spacial score (nSPS) is 22.7. The van der Waals surface area contributed by atoms with Gasteiger partial charge in [0.05, 0.1) is 32.0 Å². The highest BCUT2D eigenvalue weighted by molar-refractivity contribution is 5.76. The van der Waals surface area contributed by atoms with E-state index in [9.17, 15) is 45.6 Å². The minimum Gasteiger partial charge on any atom is -0.394 e. The van der Waals surface area contributed by atoms with E-state index in [0.29, 0.717) is 12.8 Å². The van der Waals surface area contributed by atoms with Crippen molar-refractivity contribution in [1.82, 2.24) is 5.32 Å². The fraction of sp³-hybridized carbons (Fsp3) is 0.863. The second kappa shape index (κ2) is 64.1. The molecule has 550 valence electrons. The Balaban J connectivity index is 1.62. The van der Waals surface area contributed by atoms with Crippen LogP contribution in [0.5, 0.6) is 0 Å². The van der Waals surface area contributed by atoms with Gasteiger partial charge in [-0.05, 0) is 57.8 Å². The summed E-state index contributed by atoms with van der Waals surface area (Å²) in [5.41, 5.74) is 0. The van der Waals surface area contributed by atoms with Crippen LogP contribution in [0.2, 0.25) is 0 Å². The van der Waals surface area contributed by atoms with E-state index < -0.39 is 86.8 Å². The summed E-state index contributed by atoms with van der Waals surface area (Å²) in [5, 5.41) is 87.9. The first-order valence-corrected chi connectivity index (χ1v) is 39.5. The highest BCUT2D eigenvalue weighted by atomic mass is 16.7. The quantitative estimate of drug-likeness (QED) is 0.0204. The summed E-state index contributed by atoms with van der Waals surface area (Å²) >= 11 is 0. The average molecular weight is 1330 g/mol. The van der Waals surface area contributed by atoms with Crippen LogP contribution in [0.4, 0.5) is 0 Å². The first kappa shape index (κ1) is 87.8. The molecule has 14 nitrogen and oxygen atoms in total. The number of ether oxygens (including phenoxy) is 4. The lowest BCUT2D eigenvalue weighted by molar-refractivity contribution is -0.359. The summed E-state index contributed by atoms with van der Waals surface area (Å²) in [6.45, 7) is 2.80. The largest absolute Gasteiger partial charge is 0.394 e. The Kier molecular flexibility index (Phi) is 59.8. The fourth-order valence-corrected chi connectivity index (χ4v) is 13.0. The lowest BCUT2D eigenvalue weighted by Crippen LogP contribution is -2.65. The van der Waals surface area contributed by atoms with Gasteiger partial charge < -0.3 is 65.1 Å². The molecule has 12 atom stereocenters. The monoisotopic (exact) mass is 1330 g/mol. The number of carbonyl (C=O) groups is 1. The first-order chi connectivity index (χ1) is 46.1. The maximum absolute atomic E-state index is 13.4. The zero-order valence-electron chi connectivity index (χ0n) is 60.2. The predicted molar refractivity (Wildman–Crippen MR) is 387 cm³/mol. The molecule has 2 rings (SSSR count). The van der Waals surface area contributed by atoms with Gasteiger partial charge in [-0.1, -0.05) is 344 Å². The van der Waals surface area contributed by atoms with Gasteiger partial charge >= 0.3 is 0 Å². The van der Waals surface area contributed by atoms with Crippen LogP contribution < -0.4 is 5.32 Å². The minimum atomic E-state index is -1.79. The maximum Gasteiger partial charge on any atom is 0.220 e. The molecule has 2 heterocycles. The predicted octanol–water partition coefficient (Wildman–Crippen LogP) is 17.6. The van der Waals surface area contributed by atoms with Crippen molar-refractivity contribution < 1.29 is 64.6 Å².